The quantitative estimate of drug-likeness (QED) is 0.545. The second-order valence-electron chi connectivity index (χ2n) is 5.43. The summed E-state index contributed by atoms with van der Waals surface area (Å²) >= 11 is 0. The maximum atomic E-state index is 12.8. The highest BCUT2D eigenvalue weighted by Gasteiger charge is 2.30. The van der Waals surface area contributed by atoms with Gasteiger partial charge in [-0.3, -0.25) is 9.59 Å². The second kappa shape index (κ2) is 8.87. The summed E-state index contributed by atoms with van der Waals surface area (Å²) in [5.74, 6) is -0.793. The van der Waals surface area contributed by atoms with Crippen LogP contribution < -0.4 is 9.47 Å². The Kier molecular flexibility index (Phi) is 6.57. The number of ether oxygens (including phenoxy) is 3. The molecular weight excluding hydrogens is 320 g/mol. The Hall–Kier alpha value is -2.82. The molecule has 0 aliphatic carbocycles. The molecule has 0 fully saturated rings. The van der Waals surface area contributed by atoms with E-state index in [2.05, 4.69) is 0 Å². The van der Waals surface area contributed by atoms with Crippen LogP contribution in [0.3, 0.4) is 0 Å². The SMILES string of the molecule is CCOC(=O)C(C(=O)Cc1ccccc1)c1ccc(OC)c(OC)c1. The molecule has 0 N–H and O–H groups in total. The van der Waals surface area contributed by atoms with Gasteiger partial charge in [-0.05, 0) is 30.2 Å². The minimum Gasteiger partial charge on any atom is -0.493 e. The number of Topliss-reactive ketones (excluding diaryl/α,β-unsaturated/α-hetero) is 1. The van der Waals surface area contributed by atoms with Crippen molar-refractivity contribution < 1.29 is 23.8 Å². The van der Waals surface area contributed by atoms with Gasteiger partial charge in [0.1, 0.15) is 5.92 Å². The van der Waals surface area contributed by atoms with Gasteiger partial charge in [-0.25, -0.2) is 0 Å². The van der Waals surface area contributed by atoms with E-state index in [4.69, 9.17) is 14.2 Å². The van der Waals surface area contributed by atoms with Gasteiger partial charge in [0.2, 0.25) is 0 Å². The van der Waals surface area contributed by atoms with Gasteiger partial charge in [0.05, 0.1) is 20.8 Å². The van der Waals surface area contributed by atoms with Crippen molar-refractivity contribution in [3.05, 3.63) is 59.7 Å². The van der Waals surface area contributed by atoms with E-state index in [1.54, 1.807) is 25.1 Å². The van der Waals surface area contributed by atoms with Gasteiger partial charge >= 0.3 is 5.97 Å². The minimum atomic E-state index is -1.00. The van der Waals surface area contributed by atoms with Crippen molar-refractivity contribution in [1.82, 2.24) is 0 Å². The minimum absolute atomic E-state index is 0.151. The van der Waals surface area contributed by atoms with Crippen LogP contribution in [0, 0.1) is 0 Å². The maximum Gasteiger partial charge on any atom is 0.321 e. The highest BCUT2D eigenvalue weighted by Crippen LogP contribution is 2.32. The van der Waals surface area contributed by atoms with Crippen molar-refractivity contribution in [3.63, 3.8) is 0 Å². The van der Waals surface area contributed by atoms with Gasteiger partial charge in [0.15, 0.2) is 17.3 Å². The molecular formula is C20H22O5. The summed E-state index contributed by atoms with van der Waals surface area (Å²) in [5, 5.41) is 0. The van der Waals surface area contributed by atoms with Crippen molar-refractivity contribution >= 4 is 11.8 Å². The molecule has 1 unspecified atom stereocenters. The van der Waals surface area contributed by atoms with Crippen molar-refractivity contribution in [1.29, 1.82) is 0 Å². The molecule has 5 heteroatoms. The molecule has 1 atom stereocenters. The Balaban J connectivity index is 2.35. The van der Waals surface area contributed by atoms with Crippen molar-refractivity contribution in [2.24, 2.45) is 0 Å². The number of methoxy groups -OCH3 is 2. The summed E-state index contributed by atoms with van der Waals surface area (Å²) in [6, 6.07) is 14.3. The van der Waals surface area contributed by atoms with Crippen LogP contribution in [0.25, 0.3) is 0 Å². The van der Waals surface area contributed by atoms with E-state index in [1.165, 1.54) is 14.2 Å². The fourth-order valence-electron chi connectivity index (χ4n) is 2.61. The van der Waals surface area contributed by atoms with E-state index in [0.717, 1.165) is 5.56 Å². The summed E-state index contributed by atoms with van der Waals surface area (Å²) < 4.78 is 15.6. The molecule has 0 spiro atoms. The molecule has 2 aromatic carbocycles. The summed E-state index contributed by atoms with van der Waals surface area (Å²) in [6.07, 6.45) is 0.151. The third-order valence-electron chi connectivity index (χ3n) is 3.81. The van der Waals surface area contributed by atoms with Crippen LogP contribution >= 0.6 is 0 Å². The first-order valence-electron chi connectivity index (χ1n) is 8.05. The predicted molar refractivity (Wildman–Crippen MR) is 94.1 cm³/mol. The van der Waals surface area contributed by atoms with Crippen LogP contribution in [0.4, 0.5) is 0 Å². The number of hydrogen-bond acceptors (Lipinski definition) is 5. The van der Waals surface area contributed by atoms with Crippen LogP contribution in [0.5, 0.6) is 11.5 Å². The number of carbonyl (C=O) groups excluding carboxylic acids is 2. The first-order valence-corrected chi connectivity index (χ1v) is 8.05. The number of hydrogen-bond donors (Lipinski definition) is 0. The molecule has 2 rings (SSSR count). The molecule has 5 nitrogen and oxygen atoms in total. The number of ketones is 1. The van der Waals surface area contributed by atoms with E-state index in [-0.39, 0.29) is 18.8 Å². The number of carbonyl (C=O) groups is 2. The van der Waals surface area contributed by atoms with Gasteiger partial charge in [0, 0.05) is 6.42 Å². The molecule has 0 heterocycles. The predicted octanol–water partition coefficient (Wildman–Crippen LogP) is 3.16. The van der Waals surface area contributed by atoms with Gasteiger partial charge in [-0.1, -0.05) is 36.4 Å². The van der Waals surface area contributed by atoms with Gasteiger partial charge in [-0.15, -0.1) is 0 Å². The smallest absolute Gasteiger partial charge is 0.321 e. The van der Waals surface area contributed by atoms with Crippen LogP contribution in [0.15, 0.2) is 48.5 Å². The van der Waals surface area contributed by atoms with Crippen LogP contribution in [-0.4, -0.2) is 32.6 Å². The highest BCUT2D eigenvalue weighted by molar-refractivity contribution is 6.05. The lowest BCUT2D eigenvalue weighted by Crippen LogP contribution is -2.25. The summed E-state index contributed by atoms with van der Waals surface area (Å²) in [5.41, 5.74) is 1.37. The van der Waals surface area contributed by atoms with Crippen LogP contribution in [-0.2, 0) is 20.7 Å². The summed E-state index contributed by atoms with van der Waals surface area (Å²) in [6.45, 7) is 1.92. The third kappa shape index (κ3) is 4.59. The van der Waals surface area contributed by atoms with E-state index < -0.39 is 11.9 Å². The Morgan fingerprint density at radius 3 is 2.24 bits per heavy atom. The standard InChI is InChI=1S/C20H22O5/c1-4-25-20(22)19(16(21)12-14-8-6-5-7-9-14)15-10-11-17(23-2)18(13-15)24-3/h5-11,13,19H,4,12H2,1-3H3. The largest absolute Gasteiger partial charge is 0.493 e. The fraction of sp³-hybridized carbons (Fsp3) is 0.300. The molecule has 0 aliphatic rings. The normalized spacial score (nSPS) is 11.5. The lowest BCUT2D eigenvalue weighted by Gasteiger charge is -2.17. The van der Waals surface area contributed by atoms with Gasteiger partial charge in [-0.2, -0.15) is 0 Å². The zero-order valence-corrected chi connectivity index (χ0v) is 14.7. The Labute approximate surface area is 147 Å². The summed E-state index contributed by atoms with van der Waals surface area (Å²) in [4.78, 5) is 25.2. The molecule has 0 aromatic heterocycles. The van der Waals surface area contributed by atoms with Gasteiger partial charge in [0.25, 0.3) is 0 Å². The first kappa shape index (κ1) is 18.5. The molecule has 0 saturated carbocycles. The molecule has 0 saturated heterocycles. The highest BCUT2D eigenvalue weighted by atomic mass is 16.5. The fourth-order valence-corrected chi connectivity index (χ4v) is 2.61. The molecule has 0 aliphatic heterocycles. The third-order valence-corrected chi connectivity index (χ3v) is 3.81. The van der Waals surface area contributed by atoms with E-state index >= 15 is 0 Å². The molecule has 25 heavy (non-hydrogen) atoms. The van der Waals surface area contributed by atoms with Crippen molar-refractivity contribution in [2.75, 3.05) is 20.8 Å². The van der Waals surface area contributed by atoms with E-state index in [1.807, 2.05) is 30.3 Å². The van der Waals surface area contributed by atoms with E-state index in [0.29, 0.717) is 17.1 Å². The molecule has 0 amide bonds. The Bertz CT molecular complexity index is 724. The molecule has 2 aromatic rings. The monoisotopic (exact) mass is 342 g/mol. The number of benzene rings is 2. The molecule has 0 bridgehead atoms. The molecule has 0 radical (unpaired) electrons. The Morgan fingerprint density at radius 2 is 1.64 bits per heavy atom. The lowest BCUT2D eigenvalue weighted by atomic mass is 9.90. The van der Waals surface area contributed by atoms with E-state index in [9.17, 15) is 9.59 Å². The molecule has 132 valence electrons. The summed E-state index contributed by atoms with van der Waals surface area (Å²) in [7, 11) is 3.04. The average molecular weight is 342 g/mol. The number of esters is 1. The number of rotatable bonds is 8. The second-order valence-corrected chi connectivity index (χ2v) is 5.43. The van der Waals surface area contributed by atoms with Crippen molar-refractivity contribution in [3.8, 4) is 11.5 Å². The zero-order valence-electron chi connectivity index (χ0n) is 14.7. The Morgan fingerprint density at radius 1 is 0.960 bits per heavy atom. The van der Waals surface area contributed by atoms with Gasteiger partial charge < -0.3 is 14.2 Å². The maximum absolute atomic E-state index is 12.8. The van der Waals surface area contributed by atoms with Crippen LogP contribution in [0.2, 0.25) is 0 Å². The first-order chi connectivity index (χ1) is 12.1. The lowest BCUT2D eigenvalue weighted by molar-refractivity contribution is -0.147. The van der Waals surface area contributed by atoms with Crippen molar-refractivity contribution in [2.45, 2.75) is 19.3 Å². The van der Waals surface area contributed by atoms with Crippen LogP contribution in [0.1, 0.15) is 24.0 Å². The zero-order chi connectivity index (χ0) is 18.2. The average Bonchev–Trinajstić information content (AvgIpc) is 2.62. The topological polar surface area (TPSA) is 61.8 Å².